The van der Waals surface area contributed by atoms with E-state index in [9.17, 15) is 20.2 Å². The molecule has 0 aliphatic carbocycles. The summed E-state index contributed by atoms with van der Waals surface area (Å²) in [4.78, 5) is 22.9. The fraction of sp³-hybridized carbons (Fsp3) is 0.130. The van der Waals surface area contributed by atoms with Gasteiger partial charge in [-0.3, -0.25) is 25.0 Å². The van der Waals surface area contributed by atoms with Crippen LogP contribution in [0.4, 0.5) is 5.69 Å². The van der Waals surface area contributed by atoms with Crippen LogP contribution in [0.2, 0.25) is 0 Å². The van der Waals surface area contributed by atoms with Crippen molar-refractivity contribution in [3.8, 4) is 11.8 Å². The Labute approximate surface area is 179 Å². The summed E-state index contributed by atoms with van der Waals surface area (Å²) in [5.41, 5.74) is 5.65. The Morgan fingerprint density at radius 1 is 1.13 bits per heavy atom. The summed E-state index contributed by atoms with van der Waals surface area (Å²) in [6, 6.07) is 18.7. The molecule has 0 fully saturated rings. The van der Waals surface area contributed by atoms with Crippen LogP contribution < -0.4 is 10.2 Å². The quantitative estimate of drug-likeness (QED) is 0.268. The number of benzene rings is 2. The molecule has 1 N–H and O–H groups in total. The van der Waals surface area contributed by atoms with Gasteiger partial charge in [0.05, 0.1) is 4.92 Å². The van der Waals surface area contributed by atoms with Crippen molar-refractivity contribution in [3.63, 3.8) is 0 Å². The molecular weight excluding hydrogens is 396 g/mol. The van der Waals surface area contributed by atoms with Gasteiger partial charge in [-0.05, 0) is 55.8 Å². The number of hydrogen-bond donors (Lipinski definition) is 1. The number of aryl methyl sites for hydroxylation is 2. The third-order valence-electron chi connectivity index (χ3n) is 4.61. The number of nitro groups is 1. The predicted octanol–water partition coefficient (Wildman–Crippen LogP) is 4.27. The number of non-ortho nitro benzene ring substituents is 1. The third-order valence-corrected chi connectivity index (χ3v) is 4.61. The van der Waals surface area contributed by atoms with Gasteiger partial charge in [0, 0.05) is 29.1 Å². The van der Waals surface area contributed by atoms with Gasteiger partial charge in [-0.15, -0.1) is 0 Å². The summed E-state index contributed by atoms with van der Waals surface area (Å²) in [5.74, 6) is -0.0511. The second kappa shape index (κ2) is 9.41. The Balaban J connectivity index is 1.77. The molecule has 0 radical (unpaired) electrons. The van der Waals surface area contributed by atoms with E-state index >= 15 is 0 Å². The van der Waals surface area contributed by atoms with Crippen LogP contribution in [0, 0.1) is 35.3 Å². The first kappa shape index (κ1) is 21.3. The zero-order valence-electron chi connectivity index (χ0n) is 17.0. The molecule has 0 aliphatic rings. The van der Waals surface area contributed by atoms with Crippen molar-refractivity contribution in [2.24, 2.45) is 0 Å². The number of ether oxygens (including phenoxy) is 1. The van der Waals surface area contributed by atoms with Crippen molar-refractivity contribution in [1.82, 2.24) is 4.68 Å². The van der Waals surface area contributed by atoms with Crippen LogP contribution in [-0.4, -0.2) is 15.5 Å². The average molecular weight is 416 g/mol. The molecule has 8 heteroatoms. The predicted molar refractivity (Wildman–Crippen MR) is 116 cm³/mol. The van der Waals surface area contributed by atoms with E-state index in [-0.39, 0.29) is 17.9 Å². The lowest BCUT2D eigenvalue weighted by molar-refractivity contribution is -0.384. The summed E-state index contributed by atoms with van der Waals surface area (Å²) >= 11 is 0. The Hall–Kier alpha value is -4.38. The molecule has 0 atom stereocenters. The lowest BCUT2D eigenvalue weighted by Gasteiger charge is -2.12. The molecule has 0 aliphatic heterocycles. The van der Waals surface area contributed by atoms with Crippen LogP contribution in [0.15, 0.2) is 66.2 Å². The van der Waals surface area contributed by atoms with Crippen LogP contribution in [0.1, 0.15) is 22.5 Å². The largest absolute Gasteiger partial charge is 0.488 e. The monoisotopic (exact) mass is 416 g/mol. The van der Waals surface area contributed by atoms with E-state index in [1.54, 1.807) is 41.1 Å². The first-order valence-electron chi connectivity index (χ1n) is 9.42. The first-order chi connectivity index (χ1) is 14.9. The number of aromatic nitrogens is 1. The number of nitriles is 1. The number of para-hydroxylation sites is 1. The van der Waals surface area contributed by atoms with Gasteiger partial charge in [-0.1, -0.05) is 18.2 Å². The lowest BCUT2D eigenvalue weighted by Crippen LogP contribution is -2.25. The van der Waals surface area contributed by atoms with Crippen molar-refractivity contribution >= 4 is 17.7 Å². The smallest absolute Gasteiger partial charge is 0.280 e. The summed E-state index contributed by atoms with van der Waals surface area (Å²) in [6.45, 7) is 3.88. The van der Waals surface area contributed by atoms with Crippen molar-refractivity contribution in [1.29, 1.82) is 5.26 Å². The van der Waals surface area contributed by atoms with E-state index in [0.717, 1.165) is 17.0 Å². The molecule has 8 nitrogen and oxygen atoms in total. The number of nitro benzene ring substituents is 1. The second-order valence-corrected chi connectivity index (χ2v) is 6.81. The van der Waals surface area contributed by atoms with E-state index in [4.69, 9.17) is 4.74 Å². The van der Waals surface area contributed by atoms with E-state index in [2.05, 4.69) is 5.43 Å². The lowest BCUT2D eigenvalue weighted by atomic mass is 10.1. The van der Waals surface area contributed by atoms with Crippen LogP contribution in [0.25, 0.3) is 6.08 Å². The number of carbonyl (C=O) groups is 1. The minimum Gasteiger partial charge on any atom is -0.488 e. The zero-order valence-corrected chi connectivity index (χ0v) is 17.0. The Bertz CT molecular complexity index is 1170. The highest BCUT2D eigenvalue weighted by Gasteiger charge is 2.13. The van der Waals surface area contributed by atoms with Gasteiger partial charge in [0.25, 0.3) is 11.6 Å². The minimum atomic E-state index is -0.532. The van der Waals surface area contributed by atoms with Crippen molar-refractivity contribution in [3.05, 3.63) is 98.9 Å². The van der Waals surface area contributed by atoms with Crippen LogP contribution >= 0.6 is 0 Å². The minimum absolute atomic E-state index is 0.00456. The Morgan fingerprint density at radius 3 is 2.39 bits per heavy atom. The number of nitrogens with one attached hydrogen (secondary N) is 1. The molecule has 0 saturated carbocycles. The molecule has 3 aromatic rings. The molecule has 0 saturated heterocycles. The number of nitrogens with zero attached hydrogens (tertiary/aromatic N) is 3. The van der Waals surface area contributed by atoms with Crippen LogP contribution in [0.5, 0.6) is 5.75 Å². The molecular formula is C23H20N4O4. The molecule has 0 unspecified atom stereocenters. The Morgan fingerprint density at radius 2 is 1.77 bits per heavy atom. The number of amides is 1. The normalized spacial score (nSPS) is 10.9. The molecule has 1 aromatic heterocycles. The van der Waals surface area contributed by atoms with Crippen molar-refractivity contribution in [2.45, 2.75) is 20.5 Å². The van der Waals surface area contributed by atoms with Crippen molar-refractivity contribution in [2.75, 3.05) is 5.43 Å². The molecule has 1 amide bonds. The van der Waals surface area contributed by atoms with E-state index in [1.165, 1.54) is 18.2 Å². The SMILES string of the molecule is Cc1ccc(C)n1NC(=O)/C(C#N)=C\c1ccccc1OCc1ccc([N+](=O)[O-])cc1. The Kier molecular flexibility index (Phi) is 6.48. The molecule has 3 rings (SSSR count). The van der Waals surface area contributed by atoms with E-state index < -0.39 is 10.8 Å². The molecule has 0 spiro atoms. The zero-order chi connectivity index (χ0) is 22.4. The maximum atomic E-state index is 12.6. The summed E-state index contributed by atoms with van der Waals surface area (Å²) in [6.07, 6.45) is 1.47. The van der Waals surface area contributed by atoms with Crippen LogP contribution in [0.3, 0.4) is 0 Å². The first-order valence-corrected chi connectivity index (χ1v) is 9.42. The van der Waals surface area contributed by atoms with Gasteiger partial charge in [0.2, 0.25) is 0 Å². The standard InChI is InChI=1S/C23H20N4O4/c1-16-7-8-17(2)26(16)25-23(28)20(14-24)13-19-5-3-4-6-22(19)31-15-18-9-11-21(12-10-18)27(29)30/h3-13H,15H2,1-2H3,(H,25,28)/b20-13-. The van der Waals surface area contributed by atoms with Crippen LogP contribution in [-0.2, 0) is 11.4 Å². The number of rotatable bonds is 7. The van der Waals surface area contributed by atoms with Gasteiger partial charge in [-0.2, -0.15) is 5.26 Å². The maximum Gasteiger partial charge on any atom is 0.280 e. The van der Waals surface area contributed by atoms with Crippen molar-refractivity contribution < 1.29 is 14.5 Å². The van der Waals surface area contributed by atoms with E-state index in [0.29, 0.717) is 11.3 Å². The fourth-order valence-corrected chi connectivity index (χ4v) is 2.92. The van der Waals surface area contributed by atoms with E-state index in [1.807, 2.05) is 32.0 Å². The van der Waals surface area contributed by atoms with Gasteiger partial charge in [-0.25, -0.2) is 0 Å². The third kappa shape index (κ3) is 5.16. The second-order valence-electron chi connectivity index (χ2n) is 6.81. The summed E-state index contributed by atoms with van der Waals surface area (Å²) in [7, 11) is 0. The topological polar surface area (TPSA) is 110 Å². The number of carbonyl (C=O) groups excluding carboxylic acids is 1. The van der Waals surface area contributed by atoms with Gasteiger partial charge < -0.3 is 4.74 Å². The molecule has 2 aromatic carbocycles. The molecule has 31 heavy (non-hydrogen) atoms. The highest BCUT2D eigenvalue weighted by atomic mass is 16.6. The molecule has 1 heterocycles. The molecule has 156 valence electrons. The average Bonchev–Trinajstić information content (AvgIpc) is 3.08. The summed E-state index contributed by atoms with van der Waals surface area (Å²) < 4.78 is 7.45. The number of hydrogen-bond acceptors (Lipinski definition) is 5. The highest BCUT2D eigenvalue weighted by Crippen LogP contribution is 2.23. The molecule has 0 bridgehead atoms. The van der Waals surface area contributed by atoms with Gasteiger partial charge in [0.1, 0.15) is 24.0 Å². The fourth-order valence-electron chi connectivity index (χ4n) is 2.92. The highest BCUT2D eigenvalue weighted by molar-refractivity contribution is 6.06. The maximum absolute atomic E-state index is 12.6. The summed E-state index contributed by atoms with van der Waals surface area (Å²) in [5, 5.41) is 20.3. The van der Waals surface area contributed by atoms with Gasteiger partial charge in [0.15, 0.2) is 0 Å². The van der Waals surface area contributed by atoms with Gasteiger partial charge >= 0.3 is 0 Å².